The minimum atomic E-state index is 0.115. The van der Waals surface area contributed by atoms with Crippen molar-refractivity contribution in [1.29, 1.82) is 0 Å². The molecule has 0 aromatic heterocycles. The highest BCUT2D eigenvalue weighted by Crippen LogP contribution is 2.48. The fourth-order valence-electron chi connectivity index (χ4n) is 5.10. The number of carbonyl (C=O) groups is 1. The van der Waals surface area contributed by atoms with E-state index in [2.05, 4.69) is 22.5 Å². The van der Waals surface area contributed by atoms with Crippen molar-refractivity contribution < 1.29 is 4.79 Å². The second-order valence-electron chi connectivity index (χ2n) is 8.70. The van der Waals surface area contributed by atoms with Crippen molar-refractivity contribution in [2.45, 2.75) is 69.9 Å². The summed E-state index contributed by atoms with van der Waals surface area (Å²) >= 11 is 0. The summed E-state index contributed by atoms with van der Waals surface area (Å²) in [6.07, 6.45) is 9.86. The van der Waals surface area contributed by atoms with Crippen LogP contribution in [-0.2, 0) is 4.79 Å². The van der Waals surface area contributed by atoms with Gasteiger partial charge in [-0.05, 0) is 83.3 Å². The van der Waals surface area contributed by atoms with Crippen LogP contribution < -0.4 is 10.6 Å². The molecule has 2 heterocycles. The molecule has 2 N–H and O–H groups in total. The second-order valence-corrected chi connectivity index (χ2v) is 8.70. The molecule has 22 heavy (non-hydrogen) atoms. The summed E-state index contributed by atoms with van der Waals surface area (Å²) in [5, 5.41) is 6.83. The van der Waals surface area contributed by atoms with Gasteiger partial charge in [-0.3, -0.25) is 4.79 Å². The van der Waals surface area contributed by atoms with Crippen molar-refractivity contribution in [3.63, 3.8) is 0 Å². The van der Waals surface area contributed by atoms with Gasteiger partial charge >= 0.3 is 0 Å². The highest BCUT2D eigenvalue weighted by atomic mass is 16.2. The summed E-state index contributed by atoms with van der Waals surface area (Å²) in [7, 11) is 0. The molecule has 4 fully saturated rings. The molecule has 124 valence electrons. The van der Waals surface area contributed by atoms with Crippen LogP contribution >= 0.6 is 0 Å². The number of amides is 1. The maximum absolute atomic E-state index is 12.4. The third-order valence-electron chi connectivity index (χ3n) is 6.97. The fraction of sp³-hybridized carbons (Fsp3) is 0.944. The molecule has 1 spiro atoms. The Kier molecular flexibility index (Phi) is 3.73. The van der Waals surface area contributed by atoms with Crippen molar-refractivity contribution in [3.8, 4) is 0 Å². The molecule has 2 saturated carbocycles. The van der Waals surface area contributed by atoms with Gasteiger partial charge in [0.25, 0.3) is 0 Å². The minimum absolute atomic E-state index is 0.115. The van der Waals surface area contributed by atoms with Crippen LogP contribution in [0.15, 0.2) is 0 Å². The quantitative estimate of drug-likeness (QED) is 0.837. The maximum Gasteiger partial charge on any atom is 0.223 e. The Morgan fingerprint density at radius 2 is 1.91 bits per heavy atom. The van der Waals surface area contributed by atoms with E-state index in [-0.39, 0.29) is 11.5 Å². The van der Waals surface area contributed by atoms with E-state index in [1.165, 1.54) is 38.8 Å². The maximum atomic E-state index is 12.4. The molecule has 2 aliphatic carbocycles. The third kappa shape index (κ3) is 2.69. The average Bonchev–Trinajstić information content (AvgIpc) is 2.94. The minimum Gasteiger partial charge on any atom is -0.351 e. The molecule has 0 atom stereocenters. The molecule has 2 saturated heterocycles. The van der Waals surface area contributed by atoms with Crippen molar-refractivity contribution in [3.05, 3.63) is 0 Å². The lowest BCUT2D eigenvalue weighted by atomic mass is 9.64. The van der Waals surface area contributed by atoms with Gasteiger partial charge in [-0.2, -0.15) is 0 Å². The van der Waals surface area contributed by atoms with Crippen LogP contribution in [0.4, 0.5) is 0 Å². The van der Waals surface area contributed by atoms with Gasteiger partial charge in [0.2, 0.25) is 5.91 Å². The Bertz CT molecular complexity index is 424. The molecular weight excluding hydrogens is 274 g/mol. The molecule has 1 amide bonds. The average molecular weight is 305 g/mol. The predicted octanol–water partition coefficient (Wildman–Crippen LogP) is 1.90. The number of carbonyl (C=O) groups excluding carboxylic acids is 1. The van der Waals surface area contributed by atoms with Crippen molar-refractivity contribution in [1.82, 2.24) is 15.5 Å². The van der Waals surface area contributed by atoms with Crippen LogP contribution in [-0.4, -0.2) is 48.6 Å². The van der Waals surface area contributed by atoms with Gasteiger partial charge in [0, 0.05) is 24.0 Å². The molecule has 4 rings (SSSR count). The number of hydrogen-bond acceptors (Lipinski definition) is 3. The van der Waals surface area contributed by atoms with Gasteiger partial charge in [0.1, 0.15) is 0 Å². The molecule has 0 aromatic carbocycles. The van der Waals surface area contributed by atoms with Crippen LogP contribution in [0.3, 0.4) is 0 Å². The van der Waals surface area contributed by atoms with E-state index in [4.69, 9.17) is 0 Å². The number of nitrogens with one attached hydrogen (secondary N) is 2. The Hall–Kier alpha value is -0.610. The zero-order valence-corrected chi connectivity index (χ0v) is 14.0. The molecule has 0 aromatic rings. The molecule has 0 unspecified atom stereocenters. The van der Waals surface area contributed by atoms with Gasteiger partial charge in [-0.15, -0.1) is 0 Å². The first kappa shape index (κ1) is 14.9. The number of hydrogen-bond donors (Lipinski definition) is 2. The Labute approximate surface area is 134 Å². The summed E-state index contributed by atoms with van der Waals surface area (Å²) in [6.45, 7) is 6.91. The summed E-state index contributed by atoms with van der Waals surface area (Å²) in [5.41, 5.74) is 0.752. The molecule has 0 radical (unpaired) electrons. The first-order valence-corrected chi connectivity index (χ1v) is 9.34. The predicted molar refractivity (Wildman–Crippen MR) is 87.6 cm³/mol. The van der Waals surface area contributed by atoms with Crippen LogP contribution in [0, 0.1) is 11.3 Å². The highest BCUT2D eigenvalue weighted by Gasteiger charge is 2.48. The second kappa shape index (κ2) is 5.48. The third-order valence-corrected chi connectivity index (χ3v) is 6.97. The topological polar surface area (TPSA) is 44.4 Å². The van der Waals surface area contributed by atoms with E-state index in [1.807, 2.05) is 0 Å². The van der Waals surface area contributed by atoms with E-state index in [0.29, 0.717) is 11.3 Å². The number of piperidine rings is 1. The van der Waals surface area contributed by atoms with E-state index < -0.39 is 0 Å². The summed E-state index contributed by atoms with van der Waals surface area (Å²) in [6, 6.07) is 0.799. The lowest BCUT2D eigenvalue weighted by Crippen LogP contribution is -2.56. The summed E-state index contributed by atoms with van der Waals surface area (Å²) in [5.74, 6) is 0.586. The zero-order valence-electron chi connectivity index (χ0n) is 14.0. The highest BCUT2D eigenvalue weighted by molar-refractivity contribution is 5.79. The monoisotopic (exact) mass is 305 g/mol. The Morgan fingerprint density at radius 1 is 1.18 bits per heavy atom. The van der Waals surface area contributed by atoms with E-state index in [0.717, 1.165) is 44.8 Å². The molecular formula is C18H31N3O. The van der Waals surface area contributed by atoms with Crippen molar-refractivity contribution in [2.75, 3.05) is 26.2 Å². The normalized spacial score (nSPS) is 38.5. The van der Waals surface area contributed by atoms with Gasteiger partial charge < -0.3 is 15.5 Å². The molecule has 2 aliphatic heterocycles. The Morgan fingerprint density at radius 3 is 2.45 bits per heavy atom. The summed E-state index contributed by atoms with van der Waals surface area (Å²) in [4.78, 5) is 15.1. The van der Waals surface area contributed by atoms with Crippen LogP contribution in [0.5, 0.6) is 0 Å². The lowest BCUT2D eigenvalue weighted by molar-refractivity contribution is -0.130. The van der Waals surface area contributed by atoms with E-state index in [1.54, 1.807) is 0 Å². The largest absolute Gasteiger partial charge is 0.351 e. The van der Waals surface area contributed by atoms with Gasteiger partial charge in [0.05, 0.1) is 0 Å². The zero-order chi connectivity index (χ0) is 15.2. The van der Waals surface area contributed by atoms with Gasteiger partial charge in [0.15, 0.2) is 0 Å². The van der Waals surface area contributed by atoms with E-state index in [9.17, 15) is 4.79 Å². The smallest absolute Gasteiger partial charge is 0.223 e. The van der Waals surface area contributed by atoms with Crippen LogP contribution in [0.1, 0.15) is 58.3 Å². The van der Waals surface area contributed by atoms with E-state index >= 15 is 0 Å². The SMILES string of the molecule is CC1(NC(=O)C2CCN(C3CC4(CCNC4)C3)CC2)CCC1. The Balaban J connectivity index is 1.22. The number of nitrogens with zero attached hydrogens (tertiary/aromatic N) is 1. The standard InChI is InChI=1S/C18H31N3O/c1-17(5-2-6-17)20-16(22)14-3-9-21(10-4-14)15-11-18(12-15)7-8-19-13-18/h14-15,19H,2-13H2,1H3,(H,20,22). The number of rotatable bonds is 3. The van der Waals surface area contributed by atoms with Gasteiger partial charge in [-0.25, -0.2) is 0 Å². The lowest BCUT2D eigenvalue weighted by Gasteiger charge is -2.51. The van der Waals surface area contributed by atoms with Gasteiger partial charge in [-0.1, -0.05) is 0 Å². The van der Waals surface area contributed by atoms with Crippen LogP contribution in [0.2, 0.25) is 0 Å². The first-order chi connectivity index (χ1) is 10.6. The van der Waals surface area contributed by atoms with Crippen molar-refractivity contribution >= 4 is 5.91 Å². The number of likely N-dealkylation sites (tertiary alicyclic amines) is 1. The molecule has 4 aliphatic rings. The molecule has 0 bridgehead atoms. The fourth-order valence-corrected chi connectivity index (χ4v) is 5.10. The van der Waals surface area contributed by atoms with Crippen molar-refractivity contribution in [2.24, 2.45) is 11.3 Å². The molecule has 4 heteroatoms. The van der Waals surface area contributed by atoms with Crippen LogP contribution in [0.25, 0.3) is 0 Å². The first-order valence-electron chi connectivity index (χ1n) is 9.34. The molecule has 4 nitrogen and oxygen atoms in total. The summed E-state index contributed by atoms with van der Waals surface area (Å²) < 4.78 is 0.